The summed E-state index contributed by atoms with van der Waals surface area (Å²) in [6.45, 7) is 4.87. The molecule has 2 aromatic rings. The van der Waals surface area contributed by atoms with E-state index in [2.05, 4.69) is 16.5 Å². The highest BCUT2D eigenvalue weighted by molar-refractivity contribution is 5.82. The van der Waals surface area contributed by atoms with Crippen LogP contribution in [0.1, 0.15) is 25.7 Å². The molecule has 0 saturated heterocycles. The summed E-state index contributed by atoms with van der Waals surface area (Å²) >= 11 is 0. The Labute approximate surface area is 95.0 Å². The zero-order valence-corrected chi connectivity index (χ0v) is 9.90. The van der Waals surface area contributed by atoms with Gasteiger partial charge in [0.05, 0.1) is 18.7 Å². The molecular formula is C12H17N3O. The van der Waals surface area contributed by atoms with Crippen LogP contribution in [-0.4, -0.2) is 16.7 Å². The van der Waals surface area contributed by atoms with E-state index in [0.29, 0.717) is 0 Å². The van der Waals surface area contributed by atoms with Gasteiger partial charge in [-0.2, -0.15) is 0 Å². The standard InChI is InChI=1S/C12H17N3O/c1-4-15-11-9(14-12(15)8(2)13)6-5-7-10(11)16-3/h5-8H,4,13H2,1-3H3/t8-/m1/s1. The molecule has 0 saturated carbocycles. The van der Waals surface area contributed by atoms with Crippen LogP contribution in [0.15, 0.2) is 18.2 Å². The van der Waals surface area contributed by atoms with E-state index in [9.17, 15) is 0 Å². The summed E-state index contributed by atoms with van der Waals surface area (Å²) in [6.07, 6.45) is 0. The Balaban J connectivity index is 2.78. The molecular weight excluding hydrogens is 202 g/mol. The fraction of sp³-hybridized carbons (Fsp3) is 0.417. The number of hydrogen-bond acceptors (Lipinski definition) is 3. The van der Waals surface area contributed by atoms with Gasteiger partial charge in [0.1, 0.15) is 17.1 Å². The Hall–Kier alpha value is -1.55. The number of benzene rings is 1. The first-order valence-corrected chi connectivity index (χ1v) is 5.47. The summed E-state index contributed by atoms with van der Waals surface area (Å²) in [5.74, 6) is 1.75. The number of aryl methyl sites for hydroxylation is 1. The highest BCUT2D eigenvalue weighted by Crippen LogP contribution is 2.27. The van der Waals surface area contributed by atoms with E-state index < -0.39 is 0 Å². The number of methoxy groups -OCH3 is 1. The van der Waals surface area contributed by atoms with Gasteiger partial charge < -0.3 is 15.0 Å². The average molecular weight is 219 g/mol. The lowest BCUT2D eigenvalue weighted by atomic mass is 10.3. The minimum absolute atomic E-state index is 0.0722. The molecule has 0 bridgehead atoms. The Bertz CT molecular complexity index is 502. The van der Waals surface area contributed by atoms with Crippen molar-refractivity contribution in [1.82, 2.24) is 9.55 Å². The summed E-state index contributed by atoms with van der Waals surface area (Å²) in [7, 11) is 1.67. The Morgan fingerprint density at radius 1 is 1.50 bits per heavy atom. The predicted octanol–water partition coefficient (Wildman–Crippen LogP) is 2.08. The maximum Gasteiger partial charge on any atom is 0.144 e. The molecule has 4 nitrogen and oxygen atoms in total. The Kier molecular flexibility index (Phi) is 2.83. The normalized spacial score (nSPS) is 13.0. The van der Waals surface area contributed by atoms with Gasteiger partial charge in [-0.25, -0.2) is 4.98 Å². The third-order valence-electron chi connectivity index (χ3n) is 2.70. The van der Waals surface area contributed by atoms with Crippen LogP contribution in [0.2, 0.25) is 0 Å². The van der Waals surface area contributed by atoms with E-state index in [1.54, 1.807) is 7.11 Å². The van der Waals surface area contributed by atoms with Crippen molar-refractivity contribution in [2.24, 2.45) is 5.73 Å². The molecule has 1 aromatic carbocycles. The summed E-state index contributed by atoms with van der Waals surface area (Å²) in [6, 6.07) is 5.80. The van der Waals surface area contributed by atoms with Gasteiger partial charge in [0.2, 0.25) is 0 Å². The highest BCUT2D eigenvalue weighted by Gasteiger charge is 2.15. The van der Waals surface area contributed by atoms with Crippen LogP contribution in [0.3, 0.4) is 0 Å². The van der Waals surface area contributed by atoms with E-state index in [-0.39, 0.29) is 6.04 Å². The van der Waals surface area contributed by atoms with Crippen LogP contribution in [0.4, 0.5) is 0 Å². The topological polar surface area (TPSA) is 53.1 Å². The molecule has 16 heavy (non-hydrogen) atoms. The van der Waals surface area contributed by atoms with Crippen molar-refractivity contribution in [2.45, 2.75) is 26.4 Å². The molecule has 0 aliphatic rings. The molecule has 0 radical (unpaired) electrons. The summed E-state index contributed by atoms with van der Waals surface area (Å²) in [5, 5.41) is 0. The second kappa shape index (κ2) is 4.14. The number of nitrogens with zero attached hydrogens (tertiary/aromatic N) is 2. The van der Waals surface area contributed by atoms with E-state index in [1.165, 1.54) is 0 Å². The number of aromatic nitrogens is 2. The second-order valence-corrected chi connectivity index (χ2v) is 3.83. The van der Waals surface area contributed by atoms with E-state index in [0.717, 1.165) is 29.2 Å². The first kappa shape index (κ1) is 11.0. The maximum absolute atomic E-state index is 5.92. The SMILES string of the molecule is CCn1c([C@@H](C)N)nc2cccc(OC)c21. The van der Waals surface area contributed by atoms with Crippen LogP contribution >= 0.6 is 0 Å². The molecule has 0 aliphatic carbocycles. The Morgan fingerprint density at radius 2 is 2.25 bits per heavy atom. The number of hydrogen-bond donors (Lipinski definition) is 1. The quantitative estimate of drug-likeness (QED) is 0.860. The molecule has 2 N–H and O–H groups in total. The average Bonchev–Trinajstić information content (AvgIpc) is 2.67. The van der Waals surface area contributed by atoms with Gasteiger partial charge in [0.25, 0.3) is 0 Å². The first-order chi connectivity index (χ1) is 7.69. The Morgan fingerprint density at radius 3 is 2.81 bits per heavy atom. The van der Waals surface area contributed by atoms with Crippen molar-refractivity contribution in [3.63, 3.8) is 0 Å². The molecule has 4 heteroatoms. The molecule has 0 unspecified atom stereocenters. The minimum atomic E-state index is -0.0722. The molecule has 1 aromatic heterocycles. The number of rotatable bonds is 3. The number of ether oxygens (including phenoxy) is 1. The number of imidazole rings is 1. The fourth-order valence-electron chi connectivity index (χ4n) is 2.00. The van der Waals surface area contributed by atoms with Gasteiger partial charge in [-0.1, -0.05) is 6.07 Å². The summed E-state index contributed by atoms with van der Waals surface area (Å²) in [5.41, 5.74) is 7.89. The fourth-order valence-corrected chi connectivity index (χ4v) is 2.00. The lowest BCUT2D eigenvalue weighted by molar-refractivity contribution is 0.417. The number of para-hydroxylation sites is 1. The summed E-state index contributed by atoms with van der Waals surface area (Å²) < 4.78 is 7.47. The van der Waals surface area contributed by atoms with Crippen molar-refractivity contribution in [3.8, 4) is 5.75 Å². The minimum Gasteiger partial charge on any atom is -0.494 e. The van der Waals surface area contributed by atoms with Crippen molar-refractivity contribution >= 4 is 11.0 Å². The number of nitrogens with two attached hydrogens (primary N) is 1. The van der Waals surface area contributed by atoms with Crippen LogP contribution < -0.4 is 10.5 Å². The lowest BCUT2D eigenvalue weighted by Crippen LogP contribution is -2.12. The zero-order chi connectivity index (χ0) is 11.7. The molecule has 2 rings (SSSR count). The molecule has 0 fully saturated rings. The second-order valence-electron chi connectivity index (χ2n) is 3.83. The molecule has 0 aliphatic heterocycles. The molecule has 86 valence electrons. The monoisotopic (exact) mass is 219 g/mol. The molecule has 0 spiro atoms. The van der Waals surface area contributed by atoms with Gasteiger partial charge in [-0.05, 0) is 26.0 Å². The van der Waals surface area contributed by atoms with Crippen LogP contribution in [-0.2, 0) is 6.54 Å². The first-order valence-electron chi connectivity index (χ1n) is 5.47. The van der Waals surface area contributed by atoms with Gasteiger partial charge in [-0.3, -0.25) is 0 Å². The van der Waals surface area contributed by atoms with Crippen LogP contribution in [0, 0.1) is 0 Å². The van der Waals surface area contributed by atoms with E-state index in [1.807, 2.05) is 25.1 Å². The third-order valence-corrected chi connectivity index (χ3v) is 2.70. The van der Waals surface area contributed by atoms with E-state index in [4.69, 9.17) is 10.5 Å². The van der Waals surface area contributed by atoms with Gasteiger partial charge >= 0.3 is 0 Å². The van der Waals surface area contributed by atoms with Crippen molar-refractivity contribution in [2.75, 3.05) is 7.11 Å². The largest absolute Gasteiger partial charge is 0.494 e. The zero-order valence-electron chi connectivity index (χ0n) is 9.90. The van der Waals surface area contributed by atoms with Gasteiger partial charge in [-0.15, -0.1) is 0 Å². The molecule has 1 heterocycles. The highest BCUT2D eigenvalue weighted by atomic mass is 16.5. The molecule has 1 atom stereocenters. The predicted molar refractivity (Wildman–Crippen MR) is 64.6 cm³/mol. The van der Waals surface area contributed by atoms with E-state index >= 15 is 0 Å². The van der Waals surface area contributed by atoms with Gasteiger partial charge in [0.15, 0.2) is 0 Å². The molecule has 0 amide bonds. The lowest BCUT2D eigenvalue weighted by Gasteiger charge is -2.10. The number of fused-ring (bicyclic) bond motifs is 1. The van der Waals surface area contributed by atoms with Crippen LogP contribution in [0.25, 0.3) is 11.0 Å². The van der Waals surface area contributed by atoms with Crippen LogP contribution in [0.5, 0.6) is 5.75 Å². The van der Waals surface area contributed by atoms with Crippen molar-refractivity contribution in [1.29, 1.82) is 0 Å². The maximum atomic E-state index is 5.92. The third kappa shape index (κ3) is 1.55. The summed E-state index contributed by atoms with van der Waals surface area (Å²) in [4.78, 5) is 4.55. The smallest absolute Gasteiger partial charge is 0.144 e. The van der Waals surface area contributed by atoms with Gasteiger partial charge in [0, 0.05) is 6.54 Å². The van der Waals surface area contributed by atoms with Crippen molar-refractivity contribution in [3.05, 3.63) is 24.0 Å². The van der Waals surface area contributed by atoms with Crippen molar-refractivity contribution < 1.29 is 4.74 Å².